The Morgan fingerprint density at radius 1 is 0.197 bits per heavy atom. The average molecular weight is 839 g/mol. The Balaban J connectivity index is 0.833. The fourth-order valence-corrected chi connectivity index (χ4v) is 9.65. The van der Waals surface area contributed by atoms with Crippen molar-refractivity contribution in [3.8, 4) is 67.3 Å². The lowest BCUT2D eigenvalue weighted by Crippen LogP contribution is -1.92. The van der Waals surface area contributed by atoms with Gasteiger partial charge in [0.25, 0.3) is 0 Å². The summed E-state index contributed by atoms with van der Waals surface area (Å²) in [7, 11) is 0. The third-order valence-corrected chi connectivity index (χ3v) is 13.0. The lowest BCUT2D eigenvalue weighted by atomic mass is 9.96. The molecule has 13 aromatic rings. The molecule has 0 N–H and O–H groups in total. The van der Waals surface area contributed by atoms with Gasteiger partial charge in [0.1, 0.15) is 0 Å². The molecular weight excluding hydrogens is 801 g/mol. The van der Waals surface area contributed by atoms with Crippen LogP contribution in [0.4, 0.5) is 0 Å². The molecule has 4 heterocycles. The number of nitrogens with zero attached hydrogens (tertiary/aromatic N) is 4. The largest absolute Gasteiger partial charge is 0.245 e. The number of aromatic nitrogens is 4. The van der Waals surface area contributed by atoms with Gasteiger partial charge in [-0.3, -0.25) is 0 Å². The average Bonchev–Trinajstić information content (AvgIpc) is 3.40. The van der Waals surface area contributed by atoms with Crippen LogP contribution in [-0.2, 0) is 0 Å². The fraction of sp³-hybridized carbons (Fsp3) is 0. The third kappa shape index (κ3) is 6.55. The molecule has 0 atom stereocenters. The lowest BCUT2D eigenvalue weighted by Gasteiger charge is -2.11. The van der Waals surface area contributed by atoms with Crippen molar-refractivity contribution in [1.82, 2.24) is 19.9 Å². The normalized spacial score (nSPS) is 11.6. The minimum atomic E-state index is 0.899. The zero-order chi connectivity index (χ0) is 43.6. The lowest BCUT2D eigenvalue weighted by molar-refractivity contribution is 1.37. The molecule has 0 aliphatic heterocycles. The standard InChI is InChI=1S/C62H38N4/c1-3-20-51-39(10-1)12-8-22-53(51)57-34-30-43-26-24-41-28-32-55(63-59(41)61(43)65-57)49-18-6-16-47(37-49)45-14-5-15-46(36-45)48-17-7-19-50(38-48)56-33-29-42-25-27-44-31-35-58(66-62(44)60(42)64-56)54-23-9-13-40-11-2-4-21-52(40)54/h1-38H. The first-order chi connectivity index (χ1) is 32.7. The Bertz CT molecular complexity index is 3810. The van der Waals surface area contributed by atoms with E-state index in [-0.39, 0.29) is 0 Å². The van der Waals surface area contributed by atoms with Gasteiger partial charge >= 0.3 is 0 Å². The second kappa shape index (κ2) is 15.4. The van der Waals surface area contributed by atoms with Crippen LogP contribution in [-0.4, -0.2) is 19.9 Å². The summed E-state index contributed by atoms with van der Waals surface area (Å²) in [4.78, 5) is 21.1. The Morgan fingerprint density at radius 3 is 0.894 bits per heavy atom. The van der Waals surface area contributed by atoms with E-state index in [9.17, 15) is 0 Å². The van der Waals surface area contributed by atoms with E-state index >= 15 is 0 Å². The smallest absolute Gasteiger partial charge is 0.0972 e. The highest BCUT2D eigenvalue weighted by atomic mass is 14.8. The summed E-state index contributed by atoms with van der Waals surface area (Å²) in [6.07, 6.45) is 0. The Hall–Kier alpha value is -8.86. The maximum atomic E-state index is 5.30. The van der Waals surface area contributed by atoms with Crippen molar-refractivity contribution in [3.63, 3.8) is 0 Å². The second-order valence-electron chi connectivity index (χ2n) is 17.0. The highest BCUT2D eigenvalue weighted by Crippen LogP contribution is 2.36. The van der Waals surface area contributed by atoms with Gasteiger partial charge in [-0.2, -0.15) is 0 Å². The molecule has 0 fully saturated rings. The summed E-state index contributed by atoms with van der Waals surface area (Å²) >= 11 is 0. The summed E-state index contributed by atoms with van der Waals surface area (Å²) in [5.74, 6) is 0. The zero-order valence-electron chi connectivity index (χ0n) is 35.7. The minimum Gasteiger partial charge on any atom is -0.245 e. The number of rotatable bonds is 6. The monoisotopic (exact) mass is 838 g/mol. The maximum absolute atomic E-state index is 5.30. The van der Waals surface area contributed by atoms with Crippen LogP contribution in [0.25, 0.3) is 132 Å². The Morgan fingerprint density at radius 2 is 0.485 bits per heavy atom. The first-order valence-corrected chi connectivity index (χ1v) is 22.4. The summed E-state index contributed by atoms with van der Waals surface area (Å²) in [6, 6.07) is 81.6. The molecule has 0 saturated carbocycles. The molecule has 0 saturated heterocycles. The van der Waals surface area contributed by atoms with Crippen LogP contribution in [0.2, 0.25) is 0 Å². The molecule has 4 heteroatoms. The predicted molar refractivity (Wildman–Crippen MR) is 275 cm³/mol. The number of fused-ring (bicyclic) bond motifs is 8. The van der Waals surface area contributed by atoms with Crippen molar-refractivity contribution < 1.29 is 0 Å². The van der Waals surface area contributed by atoms with E-state index in [1.807, 2.05) is 0 Å². The van der Waals surface area contributed by atoms with Gasteiger partial charge in [0, 0.05) is 43.8 Å². The van der Waals surface area contributed by atoms with Crippen molar-refractivity contribution >= 4 is 65.2 Å². The molecule has 0 bridgehead atoms. The van der Waals surface area contributed by atoms with Gasteiger partial charge in [-0.1, -0.05) is 188 Å². The quantitative estimate of drug-likeness (QED) is 0.157. The van der Waals surface area contributed by atoms with Crippen LogP contribution >= 0.6 is 0 Å². The van der Waals surface area contributed by atoms with Crippen molar-refractivity contribution in [1.29, 1.82) is 0 Å². The van der Waals surface area contributed by atoms with Crippen molar-refractivity contribution in [3.05, 3.63) is 231 Å². The molecule has 4 nitrogen and oxygen atoms in total. The van der Waals surface area contributed by atoms with Gasteiger partial charge in [-0.15, -0.1) is 0 Å². The van der Waals surface area contributed by atoms with E-state index in [4.69, 9.17) is 19.9 Å². The highest BCUT2D eigenvalue weighted by molar-refractivity contribution is 6.07. The molecule has 0 unspecified atom stereocenters. The van der Waals surface area contributed by atoms with Gasteiger partial charge in [-0.25, -0.2) is 19.9 Å². The molecule has 0 radical (unpaired) electrons. The van der Waals surface area contributed by atoms with Gasteiger partial charge in [0.05, 0.1) is 44.8 Å². The fourth-order valence-electron chi connectivity index (χ4n) is 9.65. The Labute approximate surface area is 381 Å². The maximum Gasteiger partial charge on any atom is 0.0972 e. The number of benzene rings is 9. The first-order valence-electron chi connectivity index (χ1n) is 22.4. The van der Waals surface area contributed by atoms with E-state index in [0.717, 1.165) is 111 Å². The van der Waals surface area contributed by atoms with E-state index in [2.05, 4.69) is 231 Å². The topological polar surface area (TPSA) is 51.6 Å². The zero-order valence-corrected chi connectivity index (χ0v) is 35.7. The van der Waals surface area contributed by atoms with Crippen LogP contribution in [0.5, 0.6) is 0 Å². The Kier molecular flexibility index (Phi) is 8.81. The van der Waals surface area contributed by atoms with E-state index in [1.54, 1.807) is 0 Å². The van der Waals surface area contributed by atoms with Crippen LogP contribution in [0, 0.1) is 0 Å². The van der Waals surface area contributed by atoms with E-state index in [0.29, 0.717) is 0 Å². The number of hydrogen-bond acceptors (Lipinski definition) is 4. The third-order valence-electron chi connectivity index (χ3n) is 13.0. The number of hydrogen-bond donors (Lipinski definition) is 0. The molecule has 66 heavy (non-hydrogen) atoms. The molecule has 13 rings (SSSR count). The van der Waals surface area contributed by atoms with Crippen molar-refractivity contribution in [2.45, 2.75) is 0 Å². The molecule has 4 aromatic heterocycles. The van der Waals surface area contributed by atoms with Gasteiger partial charge in [0.15, 0.2) is 0 Å². The van der Waals surface area contributed by atoms with E-state index in [1.165, 1.54) is 21.5 Å². The molecular formula is C62H38N4. The molecule has 0 spiro atoms. The summed E-state index contributed by atoms with van der Waals surface area (Å²) < 4.78 is 0. The summed E-state index contributed by atoms with van der Waals surface area (Å²) in [6.45, 7) is 0. The second-order valence-corrected chi connectivity index (χ2v) is 17.0. The van der Waals surface area contributed by atoms with Crippen LogP contribution in [0.3, 0.4) is 0 Å². The summed E-state index contributed by atoms with van der Waals surface area (Å²) in [5, 5.41) is 9.05. The molecule has 306 valence electrons. The molecule has 0 aliphatic carbocycles. The number of pyridine rings is 4. The van der Waals surface area contributed by atoms with Crippen LogP contribution < -0.4 is 0 Å². The highest BCUT2D eigenvalue weighted by Gasteiger charge is 2.14. The van der Waals surface area contributed by atoms with Crippen molar-refractivity contribution in [2.24, 2.45) is 0 Å². The first kappa shape index (κ1) is 37.7. The van der Waals surface area contributed by atoms with Crippen LogP contribution in [0.1, 0.15) is 0 Å². The van der Waals surface area contributed by atoms with E-state index < -0.39 is 0 Å². The molecule has 9 aromatic carbocycles. The molecule has 0 aliphatic rings. The van der Waals surface area contributed by atoms with Gasteiger partial charge in [-0.05, 0) is 86.3 Å². The van der Waals surface area contributed by atoms with Gasteiger partial charge < -0.3 is 0 Å². The van der Waals surface area contributed by atoms with Gasteiger partial charge in [0.2, 0.25) is 0 Å². The minimum absolute atomic E-state index is 0.899. The van der Waals surface area contributed by atoms with Crippen molar-refractivity contribution in [2.75, 3.05) is 0 Å². The van der Waals surface area contributed by atoms with Crippen LogP contribution in [0.15, 0.2) is 231 Å². The SMILES string of the molecule is c1cc(-c2cccc(-c3ccc4ccc5ccc(-c6cccc7ccccc67)nc5c4n3)c2)cc(-c2cccc(-c3ccc4ccc5ccc(-c6cccc7ccccc67)nc5c4n3)c2)c1. The summed E-state index contributed by atoms with van der Waals surface area (Å²) in [5.41, 5.74) is 16.2. The predicted octanol–water partition coefficient (Wildman–Crippen LogP) is 16.2. The molecule has 0 amide bonds.